The van der Waals surface area contributed by atoms with Gasteiger partial charge in [-0.3, -0.25) is 9.52 Å². The lowest BCUT2D eigenvalue weighted by atomic mass is 10.1. The Morgan fingerprint density at radius 3 is 2.57 bits per heavy atom. The predicted octanol–water partition coefficient (Wildman–Crippen LogP) is 4.62. The molecule has 1 amide bonds. The highest BCUT2D eigenvalue weighted by molar-refractivity contribution is 7.92. The van der Waals surface area contributed by atoms with Gasteiger partial charge in [-0.05, 0) is 67.9 Å². The van der Waals surface area contributed by atoms with Crippen LogP contribution in [0.15, 0.2) is 70.2 Å². The van der Waals surface area contributed by atoms with Gasteiger partial charge in [-0.1, -0.05) is 11.6 Å². The fourth-order valence-electron chi connectivity index (χ4n) is 2.76. The molecule has 1 unspecified atom stereocenters. The number of sulfonamides is 1. The first-order valence-corrected chi connectivity index (χ1v) is 11.0. The van der Waals surface area contributed by atoms with E-state index in [9.17, 15) is 17.6 Å². The van der Waals surface area contributed by atoms with E-state index >= 15 is 0 Å². The zero-order chi connectivity index (χ0) is 21.7. The van der Waals surface area contributed by atoms with E-state index in [4.69, 9.17) is 16.0 Å². The predicted molar refractivity (Wildman–Crippen MR) is 113 cm³/mol. The molecular formula is C21H20ClFN2O4S. The zero-order valence-electron chi connectivity index (χ0n) is 16.1. The van der Waals surface area contributed by atoms with Gasteiger partial charge in [0.25, 0.3) is 15.9 Å². The van der Waals surface area contributed by atoms with Gasteiger partial charge in [0.2, 0.25) is 0 Å². The Labute approximate surface area is 179 Å². The second-order valence-corrected chi connectivity index (χ2v) is 8.84. The van der Waals surface area contributed by atoms with Crippen LogP contribution in [-0.4, -0.2) is 20.4 Å². The van der Waals surface area contributed by atoms with Crippen molar-refractivity contribution >= 4 is 33.2 Å². The minimum Gasteiger partial charge on any atom is -0.469 e. The first kappa shape index (κ1) is 21.9. The molecule has 0 spiro atoms. The molecule has 0 saturated carbocycles. The second-order valence-electron chi connectivity index (χ2n) is 6.75. The van der Waals surface area contributed by atoms with Crippen LogP contribution in [-0.2, 0) is 16.4 Å². The Balaban J connectivity index is 1.69. The maximum Gasteiger partial charge on any atom is 0.261 e. The molecule has 3 aromatic rings. The molecule has 1 atom stereocenters. The Morgan fingerprint density at radius 1 is 1.17 bits per heavy atom. The summed E-state index contributed by atoms with van der Waals surface area (Å²) < 4.78 is 45.7. The molecule has 2 aromatic carbocycles. The number of amides is 1. The minimum absolute atomic E-state index is 0.0527. The normalized spacial score (nSPS) is 12.4. The van der Waals surface area contributed by atoms with Crippen LogP contribution in [0.1, 0.15) is 29.5 Å². The van der Waals surface area contributed by atoms with Crippen LogP contribution in [0.2, 0.25) is 5.02 Å². The van der Waals surface area contributed by atoms with Crippen LogP contribution in [0.3, 0.4) is 0 Å². The molecule has 9 heteroatoms. The third-order valence-electron chi connectivity index (χ3n) is 4.38. The molecule has 6 nitrogen and oxygen atoms in total. The molecule has 1 aromatic heterocycles. The van der Waals surface area contributed by atoms with Gasteiger partial charge in [0, 0.05) is 18.0 Å². The highest BCUT2D eigenvalue weighted by Crippen LogP contribution is 2.26. The van der Waals surface area contributed by atoms with Gasteiger partial charge in [0.05, 0.1) is 21.9 Å². The van der Waals surface area contributed by atoms with Crippen molar-refractivity contribution in [2.24, 2.45) is 0 Å². The van der Waals surface area contributed by atoms with E-state index in [1.807, 2.05) is 13.0 Å². The van der Waals surface area contributed by atoms with Gasteiger partial charge >= 0.3 is 0 Å². The largest absolute Gasteiger partial charge is 0.469 e. The third kappa shape index (κ3) is 5.61. The quantitative estimate of drug-likeness (QED) is 0.524. The summed E-state index contributed by atoms with van der Waals surface area (Å²) in [6.07, 6.45) is 2.95. The van der Waals surface area contributed by atoms with E-state index in [0.29, 0.717) is 12.8 Å². The Bertz CT molecular complexity index is 1120. The number of halogens is 2. The highest BCUT2D eigenvalue weighted by Gasteiger charge is 2.18. The lowest BCUT2D eigenvalue weighted by Crippen LogP contribution is -2.32. The number of rotatable bonds is 8. The Morgan fingerprint density at radius 2 is 1.90 bits per heavy atom. The maximum absolute atomic E-state index is 13.1. The average molecular weight is 451 g/mol. The number of carbonyl (C=O) groups is 1. The number of benzene rings is 2. The van der Waals surface area contributed by atoms with Crippen molar-refractivity contribution in [3.05, 3.63) is 83.0 Å². The zero-order valence-corrected chi connectivity index (χ0v) is 17.6. The number of hydrogen-bond donors (Lipinski definition) is 2. The number of anilines is 1. The summed E-state index contributed by atoms with van der Waals surface area (Å²) in [5.41, 5.74) is 0.304. The lowest BCUT2D eigenvalue weighted by Gasteiger charge is -2.15. The average Bonchev–Trinajstić information content (AvgIpc) is 3.22. The molecule has 0 radical (unpaired) electrons. The monoisotopic (exact) mass is 450 g/mol. The van der Waals surface area contributed by atoms with Crippen molar-refractivity contribution in [2.45, 2.75) is 30.7 Å². The fraction of sp³-hybridized carbons (Fsp3) is 0.190. The number of aryl methyl sites for hydroxylation is 1. The first-order chi connectivity index (χ1) is 14.2. The number of nitrogens with one attached hydrogen (secondary N) is 2. The lowest BCUT2D eigenvalue weighted by molar-refractivity contribution is 0.0938. The summed E-state index contributed by atoms with van der Waals surface area (Å²) in [5.74, 6) is -0.0762. The summed E-state index contributed by atoms with van der Waals surface area (Å²) in [6.45, 7) is 1.87. The minimum atomic E-state index is -4.00. The Hall–Kier alpha value is -2.84. The van der Waals surface area contributed by atoms with Gasteiger partial charge in [-0.25, -0.2) is 12.8 Å². The topological polar surface area (TPSA) is 88.4 Å². The standard InChI is InChI=1S/C21H20ClFN2O4S/c1-14(4-8-17-3-2-12-29-17)24-21(26)15-5-11-19(22)20(13-15)25-30(27,28)18-9-6-16(23)7-10-18/h2-3,5-7,9-14,25H,4,8H2,1H3,(H,24,26). The van der Waals surface area contributed by atoms with E-state index in [1.165, 1.54) is 18.2 Å². The van der Waals surface area contributed by atoms with Gasteiger partial charge in [0.1, 0.15) is 11.6 Å². The van der Waals surface area contributed by atoms with Crippen LogP contribution in [0.5, 0.6) is 0 Å². The van der Waals surface area contributed by atoms with Crippen molar-refractivity contribution in [1.82, 2.24) is 5.32 Å². The van der Waals surface area contributed by atoms with E-state index in [2.05, 4.69) is 10.0 Å². The fourth-order valence-corrected chi connectivity index (χ4v) is 4.05. The van der Waals surface area contributed by atoms with E-state index in [1.54, 1.807) is 12.3 Å². The summed E-state index contributed by atoms with van der Waals surface area (Å²) in [7, 11) is -4.00. The third-order valence-corrected chi connectivity index (χ3v) is 6.09. The SMILES string of the molecule is CC(CCc1ccco1)NC(=O)c1ccc(Cl)c(NS(=O)(=O)c2ccc(F)cc2)c1. The van der Waals surface area contributed by atoms with Crippen LogP contribution in [0.25, 0.3) is 0 Å². The molecule has 2 N–H and O–H groups in total. The Kier molecular flexibility index (Phi) is 6.79. The van der Waals surface area contributed by atoms with E-state index in [0.717, 1.165) is 30.0 Å². The van der Waals surface area contributed by atoms with Gasteiger partial charge in [-0.2, -0.15) is 0 Å². The summed E-state index contributed by atoms with van der Waals surface area (Å²) in [4.78, 5) is 12.4. The van der Waals surface area contributed by atoms with Crippen molar-refractivity contribution in [3.8, 4) is 0 Å². The molecule has 0 fully saturated rings. The van der Waals surface area contributed by atoms with Crippen LogP contribution >= 0.6 is 11.6 Å². The van der Waals surface area contributed by atoms with Crippen LogP contribution in [0.4, 0.5) is 10.1 Å². The van der Waals surface area contributed by atoms with Crippen LogP contribution < -0.4 is 10.0 Å². The molecule has 0 aliphatic rings. The smallest absolute Gasteiger partial charge is 0.261 e. The molecular weight excluding hydrogens is 431 g/mol. The summed E-state index contributed by atoms with van der Waals surface area (Å²) >= 11 is 6.10. The molecule has 3 rings (SSSR count). The van der Waals surface area contributed by atoms with Crippen molar-refractivity contribution in [1.29, 1.82) is 0 Å². The molecule has 1 heterocycles. The van der Waals surface area contributed by atoms with E-state index < -0.39 is 15.8 Å². The first-order valence-electron chi connectivity index (χ1n) is 9.16. The van der Waals surface area contributed by atoms with Gasteiger partial charge in [0.15, 0.2) is 0 Å². The van der Waals surface area contributed by atoms with Gasteiger partial charge < -0.3 is 9.73 Å². The molecule has 0 saturated heterocycles. The maximum atomic E-state index is 13.1. The summed E-state index contributed by atoms with van der Waals surface area (Å²) in [6, 6.07) is 12.2. The van der Waals surface area contributed by atoms with Crippen molar-refractivity contribution in [3.63, 3.8) is 0 Å². The molecule has 158 valence electrons. The number of hydrogen-bond acceptors (Lipinski definition) is 4. The molecule has 0 aliphatic heterocycles. The van der Waals surface area contributed by atoms with Crippen molar-refractivity contribution < 1.29 is 22.0 Å². The molecule has 0 aliphatic carbocycles. The number of carbonyl (C=O) groups excluding carboxylic acids is 1. The molecule has 0 bridgehead atoms. The number of furan rings is 1. The van der Waals surface area contributed by atoms with E-state index in [-0.39, 0.29) is 33.1 Å². The second kappa shape index (κ2) is 9.32. The van der Waals surface area contributed by atoms with Crippen LogP contribution in [0, 0.1) is 5.82 Å². The highest BCUT2D eigenvalue weighted by atomic mass is 35.5. The molecule has 30 heavy (non-hydrogen) atoms. The van der Waals surface area contributed by atoms with Gasteiger partial charge in [-0.15, -0.1) is 0 Å². The summed E-state index contributed by atoms with van der Waals surface area (Å²) in [5, 5.41) is 2.99. The van der Waals surface area contributed by atoms with Crippen molar-refractivity contribution in [2.75, 3.05) is 4.72 Å².